The van der Waals surface area contributed by atoms with E-state index in [-0.39, 0.29) is 0 Å². The van der Waals surface area contributed by atoms with Crippen LogP contribution in [-0.4, -0.2) is 19.5 Å². The molecule has 0 N–H and O–H groups in total. The van der Waals surface area contributed by atoms with E-state index in [2.05, 4.69) is 0 Å². The number of hydrogen-bond acceptors (Lipinski definition) is 4. The Hall–Kier alpha value is -0.540. The van der Waals surface area contributed by atoms with Gasteiger partial charge >= 0.3 is 7.60 Å². The first-order valence-corrected chi connectivity index (χ1v) is 8.69. The highest BCUT2D eigenvalue weighted by Crippen LogP contribution is 2.50. The molecule has 0 saturated carbocycles. The highest BCUT2D eigenvalue weighted by Gasteiger charge is 2.18. The van der Waals surface area contributed by atoms with E-state index in [0.717, 1.165) is 5.56 Å². The summed E-state index contributed by atoms with van der Waals surface area (Å²) in [5.41, 5.74) is 0.979. The summed E-state index contributed by atoms with van der Waals surface area (Å²) in [7, 11) is -3.09. The van der Waals surface area contributed by atoms with Crippen LogP contribution in [0.25, 0.3) is 6.08 Å². The quantitative estimate of drug-likeness (QED) is 0.540. The zero-order chi connectivity index (χ0) is 13.4. The molecule has 0 radical (unpaired) electrons. The summed E-state index contributed by atoms with van der Waals surface area (Å²) >= 11 is 1.69. The molecule has 0 aromatic heterocycles. The van der Waals surface area contributed by atoms with E-state index in [1.165, 1.54) is 10.7 Å². The van der Waals surface area contributed by atoms with Crippen LogP contribution >= 0.6 is 19.4 Å². The highest BCUT2D eigenvalue weighted by atomic mass is 32.2. The SMILES string of the molecule is CCOP(=O)(/C=C\c1ccc(SC)cc1)OCC. The van der Waals surface area contributed by atoms with E-state index in [1.807, 2.05) is 30.5 Å². The highest BCUT2D eigenvalue weighted by molar-refractivity contribution is 7.98. The maximum Gasteiger partial charge on any atom is 0.354 e. The van der Waals surface area contributed by atoms with Gasteiger partial charge in [-0.05, 0) is 43.9 Å². The molecule has 0 saturated heterocycles. The van der Waals surface area contributed by atoms with Crippen LogP contribution in [0.5, 0.6) is 0 Å². The predicted octanol–water partition coefficient (Wildman–Crippen LogP) is 4.65. The lowest BCUT2D eigenvalue weighted by Crippen LogP contribution is -1.92. The van der Waals surface area contributed by atoms with E-state index in [9.17, 15) is 4.57 Å². The smallest absolute Gasteiger partial charge is 0.306 e. The van der Waals surface area contributed by atoms with Gasteiger partial charge in [-0.3, -0.25) is 4.57 Å². The fraction of sp³-hybridized carbons (Fsp3) is 0.385. The lowest BCUT2D eigenvalue weighted by Gasteiger charge is -2.12. The molecule has 0 bridgehead atoms. The van der Waals surface area contributed by atoms with Crippen LogP contribution in [0.15, 0.2) is 35.0 Å². The van der Waals surface area contributed by atoms with Crippen LogP contribution in [0.3, 0.4) is 0 Å². The van der Waals surface area contributed by atoms with Crippen molar-refractivity contribution >= 4 is 25.4 Å². The molecule has 0 heterocycles. The monoisotopic (exact) mass is 286 g/mol. The van der Waals surface area contributed by atoms with Crippen molar-refractivity contribution < 1.29 is 13.6 Å². The molecule has 0 aliphatic carbocycles. The number of thioether (sulfide) groups is 1. The molecule has 100 valence electrons. The summed E-state index contributed by atoms with van der Waals surface area (Å²) in [6, 6.07) is 8.00. The standard InChI is InChI=1S/C13H19O3PS/c1-4-15-17(14,16-5-2)11-10-12-6-8-13(18-3)9-7-12/h6-11H,4-5H2,1-3H3/b11-10-. The first kappa shape index (κ1) is 15.5. The van der Waals surface area contributed by atoms with Crippen molar-refractivity contribution in [3.05, 3.63) is 35.6 Å². The maximum absolute atomic E-state index is 12.2. The minimum Gasteiger partial charge on any atom is -0.306 e. The minimum atomic E-state index is -3.09. The van der Waals surface area contributed by atoms with Crippen LogP contribution in [0.2, 0.25) is 0 Å². The third kappa shape index (κ3) is 4.99. The van der Waals surface area contributed by atoms with Crippen molar-refractivity contribution in [1.82, 2.24) is 0 Å². The van der Waals surface area contributed by atoms with Gasteiger partial charge in [-0.25, -0.2) is 0 Å². The lowest BCUT2D eigenvalue weighted by molar-refractivity contribution is 0.229. The Kier molecular flexibility index (Phi) is 6.72. The first-order chi connectivity index (χ1) is 8.63. The van der Waals surface area contributed by atoms with Gasteiger partial charge in [0, 0.05) is 10.7 Å². The van der Waals surface area contributed by atoms with E-state index in [4.69, 9.17) is 9.05 Å². The topological polar surface area (TPSA) is 35.5 Å². The van der Waals surface area contributed by atoms with Crippen molar-refractivity contribution in [3.63, 3.8) is 0 Å². The van der Waals surface area contributed by atoms with Gasteiger partial charge in [0.25, 0.3) is 0 Å². The molecule has 0 spiro atoms. The Balaban J connectivity index is 2.78. The van der Waals surface area contributed by atoms with Crippen molar-refractivity contribution in [3.8, 4) is 0 Å². The normalized spacial score (nSPS) is 12.2. The van der Waals surface area contributed by atoms with Crippen LogP contribution in [-0.2, 0) is 13.6 Å². The Bertz CT molecular complexity index is 418. The van der Waals surface area contributed by atoms with Crippen molar-refractivity contribution in [2.45, 2.75) is 18.7 Å². The molecule has 0 fully saturated rings. The Morgan fingerprint density at radius 2 is 1.72 bits per heavy atom. The fourth-order valence-electron chi connectivity index (χ4n) is 1.38. The average Bonchev–Trinajstić information content (AvgIpc) is 2.38. The molecule has 0 aliphatic heterocycles. The fourth-order valence-corrected chi connectivity index (χ4v) is 3.11. The van der Waals surface area contributed by atoms with E-state index >= 15 is 0 Å². The molecule has 3 nitrogen and oxygen atoms in total. The zero-order valence-corrected chi connectivity index (χ0v) is 12.7. The molecule has 1 aromatic rings. The summed E-state index contributed by atoms with van der Waals surface area (Å²) in [6.07, 6.45) is 3.80. The number of benzene rings is 1. The predicted molar refractivity (Wildman–Crippen MR) is 78.1 cm³/mol. The van der Waals surface area contributed by atoms with Crippen LogP contribution in [0, 0.1) is 0 Å². The van der Waals surface area contributed by atoms with Crippen LogP contribution < -0.4 is 0 Å². The summed E-state index contributed by atoms with van der Waals surface area (Å²) < 4.78 is 22.5. The first-order valence-electron chi connectivity index (χ1n) is 5.85. The number of rotatable bonds is 7. The van der Waals surface area contributed by atoms with Gasteiger partial charge in [-0.2, -0.15) is 0 Å². The molecule has 0 amide bonds. The van der Waals surface area contributed by atoms with Gasteiger partial charge in [0.05, 0.1) is 13.2 Å². The Labute approximate surface area is 113 Å². The molecule has 1 rings (SSSR count). The van der Waals surface area contributed by atoms with Crippen molar-refractivity contribution in [2.24, 2.45) is 0 Å². The van der Waals surface area contributed by atoms with E-state index in [1.54, 1.807) is 31.7 Å². The second-order valence-corrected chi connectivity index (χ2v) is 6.24. The van der Waals surface area contributed by atoms with Gasteiger partial charge in [0.1, 0.15) is 0 Å². The van der Waals surface area contributed by atoms with Crippen molar-refractivity contribution in [2.75, 3.05) is 19.5 Å². The van der Waals surface area contributed by atoms with Crippen LogP contribution in [0.1, 0.15) is 19.4 Å². The summed E-state index contributed by atoms with van der Waals surface area (Å²) in [4.78, 5) is 1.20. The molecular weight excluding hydrogens is 267 g/mol. The summed E-state index contributed by atoms with van der Waals surface area (Å²) in [5, 5.41) is 0. The van der Waals surface area contributed by atoms with Gasteiger partial charge in [0.15, 0.2) is 0 Å². The maximum atomic E-state index is 12.2. The third-order valence-corrected chi connectivity index (χ3v) is 4.68. The minimum absolute atomic E-state index is 0.368. The molecule has 0 aliphatic rings. The van der Waals surface area contributed by atoms with Crippen molar-refractivity contribution in [1.29, 1.82) is 0 Å². The zero-order valence-electron chi connectivity index (χ0n) is 11.0. The second kappa shape index (κ2) is 7.80. The van der Waals surface area contributed by atoms with E-state index < -0.39 is 7.60 Å². The second-order valence-electron chi connectivity index (χ2n) is 3.46. The molecular formula is C13H19O3PS. The largest absolute Gasteiger partial charge is 0.354 e. The molecule has 0 atom stereocenters. The Morgan fingerprint density at radius 3 is 2.17 bits per heavy atom. The average molecular weight is 286 g/mol. The third-order valence-electron chi connectivity index (χ3n) is 2.18. The number of hydrogen-bond donors (Lipinski definition) is 0. The van der Waals surface area contributed by atoms with Crippen LogP contribution in [0.4, 0.5) is 0 Å². The molecule has 0 unspecified atom stereocenters. The van der Waals surface area contributed by atoms with E-state index in [0.29, 0.717) is 13.2 Å². The molecule has 1 aromatic carbocycles. The molecule has 18 heavy (non-hydrogen) atoms. The summed E-state index contributed by atoms with van der Waals surface area (Å²) in [6.45, 7) is 4.33. The van der Waals surface area contributed by atoms with Gasteiger partial charge in [0.2, 0.25) is 0 Å². The van der Waals surface area contributed by atoms with Gasteiger partial charge in [-0.1, -0.05) is 12.1 Å². The van der Waals surface area contributed by atoms with Gasteiger partial charge < -0.3 is 9.05 Å². The lowest BCUT2D eigenvalue weighted by atomic mass is 10.2. The summed E-state index contributed by atoms with van der Waals surface area (Å²) in [5.74, 6) is 1.52. The Morgan fingerprint density at radius 1 is 1.17 bits per heavy atom. The molecule has 5 heteroatoms. The van der Waals surface area contributed by atoms with Gasteiger partial charge in [-0.15, -0.1) is 11.8 Å².